The molecule has 0 aliphatic heterocycles. The summed E-state index contributed by atoms with van der Waals surface area (Å²) in [7, 11) is 0. The summed E-state index contributed by atoms with van der Waals surface area (Å²) in [6.07, 6.45) is 24.4. The lowest BCUT2D eigenvalue weighted by atomic mass is 10.0. The van der Waals surface area contributed by atoms with E-state index in [1.54, 1.807) is 6.20 Å². The van der Waals surface area contributed by atoms with Gasteiger partial charge in [-0.05, 0) is 43.5 Å². The lowest BCUT2D eigenvalue weighted by molar-refractivity contribution is -0.123. The van der Waals surface area contributed by atoms with Gasteiger partial charge in [0, 0.05) is 12.6 Å². The zero-order valence-electron chi connectivity index (χ0n) is 25.7. The van der Waals surface area contributed by atoms with E-state index in [4.69, 9.17) is 9.72 Å². The fraction of sp³-hybridized carbons (Fsp3) is 0.629. The number of amides is 1. The first kappa shape index (κ1) is 34.6. The van der Waals surface area contributed by atoms with E-state index >= 15 is 0 Å². The molecule has 2 heterocycles. The summed E-state index contributed by atoms with van der Waals surface area (Å²) in [6, 6.07) is 11.1. The SMILES string of the molecule is CCCCCCCCCCCCC/C=C/[C@@H](OCc1cccc(-c2ccccn2)n1)C(CO)NC(=O)CCCCC. The molecule has 0 spiro atoms. The molecule has 0 fully saturated rings. The van der Waals surface area contributed by atoms with E-state index in [0.717, 1.165) is 49.2 Å². The molecule has 6 nitrogen and oxygen atoms in total. The van der Waals surface area contributed by atoms with Gasteiger partial charge >= 0.3 is 0 Å². The van der Waals surface area contributed by atoms with Crippen molar-refractivity contribution in [3.63, 3.8) is 0 Å². The van der Waals surface area contributed by atoms with Gasteiger partial charge in [0.05, 0.1) is 42.4 Å². The molecule has 0 bridgehead atoms. The Bertz CT molecular complexity index is 951. The second-order valence-electron chi connectivity index (χ2n) is 11.1. The molecule has 1 amide bonds. The van der Waals surface area contributed by atoms with Crippen LogP contribution in [0.5, 0.6) is 0 Å². The average molecular weight is 566 g/mol. The van der Waals surface area contributed by atoms with Crippen LogP contribution in [0.2, 0.25) is 0 Å². The summed E-state index contributed by atoms with van der Waals surface area (Å²) in [5, 5.41) is 13.2. The zero-order valence-corrected chi connectivity index (χ0v) is 25.7. The van der Waals surface area contributed by atoms with E-state index in [-0.39, 0.29) is 19.1 Å². The van der Waals surface area contributed by atoms with E-state index in [9.17, 15) is 9.90 Å². The van der Waals surface area contributed by atoms with E-state index in [0.29, 0.717) is 6.42 Å². The van der Waals surface area contributed by atoms with Crippen molar-refractivity contribution >= 4 is 5.91 Å². The number of pyridine rings is 2. The van der Waals surface area contributed by atoms with Gasteiger partial charge in [-0.15, -0.1) is 0 Å². The largest absolute Gasteiger partial charge is 0.394 e. The summed E-state index contributed by atoms with van der Waals surface area (Å²) in [4.78, 5) is 21.6. The highest BCUT2D eigenvalue weighted by molar-refractivity contribution is 5.76. The number of aliphatic hydroxyl groups is 1. The Hall–Kier alpha value is -2.57. The lowest BCUT2D eigenvalue weighted by Gasteiger charge is -2.24. The molecular formula is C35H55N3O3. The smallest absolute Gasteiger partial charge is 0.220 e. The highest BCUT2D eigenvalue weighted by Gasteiger charge is 2.21. The van der Waals surface area contributed by atoms with Crippen molar-refractivity contribution in [2.24, 2.45) is 0 Å². The molecule has 6 heteroatoms. The lowest BCUT2D eigenvalue weighted by Crippen LogP contribution is -2.46. The molecule has 0 aliphatic rings. The Morgan fingerprint density at radius 1 is 0.854 bits per heavy atom. The molecule has 0 saturated carbocycles. The maximum atomic E-state index is 12.5. The van der Waals surface area contributed by atoms with Crippen LogP contribution in [-0.2, 0) is 16.1 Å². The van der Waals surface area contributed by atoms with Crippen molar-refractivity contribution in [1.82, 2.24) is 15.3 Å². The molecule has 2 aromatic rings. The number of carbonyl (C=O) groups is 1. The number of rotatable bonds is 24. The van der Waals surface area contributed by atoms with Crippen LogP contribution in [0.25, 0.3) is 11.4 Å². The van der Waals surface area contributed by atoms with Gasteiger partial charge in [0.25, 0.3) is 0 Å². The van der Waals surface area contributed by atoms with Crippen LogP contribution in [0, 0.1) is 0 Å². The number of hydrogen-bond donors (Lipinski definition) is 2. The number of ether oxygens (including phenoxy) is 1. The molecule has 1 unspecified atom stereocenters. The fourth-order valence-electron chi connectivity index (χ4n) is 4.91. The second-order valence-corrected chi connectivity index (χ2v) is 11.1. The van der Waals surface area contributed by atoms with Crippen LogP contribution < -0.4 is 5.32 Å². The van der Waals surface area contributed by atoms with E-state index < -0.39 is 12.1 Å². The molecule has 41 heavy (non-hydrogen) atoms. The minimum atomic E-state index is -0.503. The summed E-state index contributed by atoms with van der Waals surface area (Å²) >= 11 is 0. The van der Waals surface area contributed by atoms with Crippen molar-refractivity contribution in [1.29, 1.82) is 0 Å². The summed E-state index contributed by atoms with van der Waals surface area (Å²) in [5.41, 5.74) is 2.38. The van der Waals surface area contributed by atoms with E-state index in [1.807, 2.05) is 42.5 Å². The fourth-order valence-corrected chi connectivity index (χ4v) is 4.91. The van der Waals surface area contributed by atoms with Gasteiger partial charge in [0.2, 0.25) is 5.91 Å². The first-order valence-corrected chi connectivity index (χ1v) is 16.2. The minimum absolute atomic E-state index is 0.0415. The van der Waals surface area contributed by atoms with Crippen molar-refractivity contribution in [2.45, 2.75) is 135 Å². The third-order valence-corrected chi connectivity index (χ3v) is 7.40. The van der Waals surface area contributed by atoms with Crippen molar-refractivity contribution in [3.8, 4) is 11.4 Å². The summed E-state index contributed by atoms with van der Waals surface area (Å²) in [6.45, 7) is 4.48. The topological polar surface area (TPSA) is 84.3 Å². The maximum Gasteiger partial charge on any atom is 0.220 e. The number of hydrogen-bond acceptors (Lipinski definition) is 5. The highest BCUT2D eigenvalue weighted by atomic mass is 16.5. The number of allylic oxidation sites excluding steroid dienone is 1. The maximum absolute atomic E-state index is 12.5. The second kappa shape index (κ2) is 23.0. The minimum Gasteiger partial charge on any atom is -0.394 e. The van der Waals surface area contributed by atoms with Crippen molar-refractivity contribution in [3.05, 3.63) is 60.4 Å². The van der Waals surface area contributed by atoms with Crippen molar-refractivity contribution in [2.75, 3.05) is 6.61 Å². The van der Waals surface area contributed by atoms with Crippen LogP contribution in [0.4, 0.5) is 0 Å². The Kier molecular flexibility index (Phi) is 19.5. The Morgan fingerprint density at radius 3 is 2.17 bits per heavy atom. The predicted octanol–water partition coefficient (Wildman–Crippen LogP) is 8.34. The van der Waals surface area contributed by atoms with Crippen molar-refractivity contribution < 1.29 is 14.6 Å². The molecule has 228 valence electrons. The van der Waals surface area contributed by atoms with E-state index in [2.05, 4.69) is 30.2 Å². The number of nitrogens with zero attached hydrogens (tertiary/aromatic N) is 2. The van der Waals surface area contributed by atoms with Crippen LogP contribution in [0.1, 0.15) is 122 Å². The van der Waals surface area contributed by atoms with Crippen LogP contribution in [0.15, 0.2) is 54.7 Å². The van der Waals surface area contributed by atoms with Gasteiger partial charge in [-0.3, -0.25) is 9.78 Å². The Labute approximate surface area is 249 Å². The molecule has 0 aliphatic carbocycles. The third-order valence-electron chi connectivity index (χ3n) is 7.40. The number of carbonyl (C=O) groups excluding carboxylic acids is 1. The Morgan fingerprint density at radius 2 is 1.51 bits per heavy atom. The standard InChI is InChI=1S/C35H55N3O3/c1-3-5-7-8-9-10-11-12-13-14-15-16-18-25-34(33(28-39)38-35(40)26-17-6-4-2)41-29-30-22-21-24-32(37-30)31-23-19-20-27-36-31/h18-25,27,33-34,39H,3-17,26,28-29H2,1-2H3,(H,38,40)/b25-18+/t33?,34-/m1/s1. The molecule has 0 radical (unpaired) electrons. The molecule has 2 aromatic heterocycles. The summed E-state index contributed by atoms with van der Waals surface area (Å²) < 4.78 is 6.26. The van der Waals surface area contributed by atoms with Gasteiger partial charge in [0.1, 0.15) is 0 Å². The molecule has 0 aromatic carbocycles. The first-order valence-electron chi connectivity index (χ1n) is 16.2. The quantitative estimate of drug-likeness (QED) is 0.0987. The molecule has 2 atom stereocenters. The monoisotopic (exact) mass is 565 g/mol. The van der Waals surface area contributed by atoms with Gasteiger partial charge < -0.3 is 15.2 Å². The highest BCUT2D eigenvalue weighted by Crippen LogP contribution is 2.16. The van der Waals surface area contributed by atoms with Gasteiger partial charge in [-0.25, -0.2) is 4.98 Å². The molecule has 2 rings (SSSR count). The van der Waals surface area contributed by atoms with Crippen LogP contribution >= 0.6 is 0 Å². The molecular weight excluding hydrogens is 510 g/mol. The molecule has 0 saturated heterocycles. The van der Waals surface area contributed by atoms with Gasteiger partial charge in [-0.2, -0.15) is 0 Å². The van der Waals surface area contributed by atoms with Gasteiger partial charge in [-0.1, -0.05) is 115 Å². The zero-order chi connectivity index (χ0) is 29.4. The third kappa shape index (κ3) is 15.9. The predicted molar refractivity (Wildman–Crippen MR) is 169 cm³/mol. The number of unbranched alkanes of at least 4 members (excludes halogenated alkanes) is 13. The normalized spacial score (nSPS) is 13.0. The Balaban J connectivity index is 1.86. The first-order chi connectivity index (χ1) is 20.2. The molecule has 2 N–H and O–H groups in total. The van der Waals surface area contributed by atoms with Crippen LogP contribution in [0.3, 0.4) is 0 Å². The van der Waals surface area contributed by atoms with Crippen LogP contribution in [-0.4, -0.2) is 39.7 Å². The van der Waals surface area contributed by atoms with E-state index in [1.165, 1.54) is 64.2 Å². The number of nitrogens with one attached hydrogen (secondary N) is 1. The number of aromatic nitrogens is 2. The summed E-state index contributed by atoms with van der Waals surface area (Å²) in [5.74, 6) is -0.0415. The van der Waals surface area contributed by atoms with Gasteiger partial charge in [0.15, 0.2) is 0 Å². The average Bonchev–Trinajstić information content (AvgIpc) is 3.00. The number of aliphatic hydroxyl groups excluding tert-OH is 1.